The molecule has 6 heteroatoms. The fourth-order valence-electron chi connectivity index (χ4n) is 1.74. The van der Waals surface area contributed by atoms with Crippen LogP contribution in [-0.2, 0) is 9.53 Å². The first kappa shape index (κ1) is 12.0. The van der Waals surface area contributed by atoms with Gasteiger partial charge in [0.25, 0.3) is 0 Å². The summed E-state index contributed by atoms with van der Waals surface area (Å²) < 4.78 is 6.47. The van der Waals surface area contributed by atoms with E-state index >= 15 is 0 Å². The minimum atomic E-state index is -1.02. The van der Waals surface area contributed by atoms with Crippen molar-refractivity contribution in [3.63, 3.8) is 0 Å². The maximum absolute atomic E-state index is 11.7. The van der Waals surface area contributed by atoms with E-state index in [2.05, 4.69) is 10.1 Å². The molecule has 0 amide bonds. The fraction of sp³-hybridized carbons (Fsp3) is 0.333. The number of ether oxygens (including phenoxy) is 1. The van der Waals surface area contributed by atoms with Gasteiger partial charge in [0.15, 0.2) is 5.92 Å². The van der Waals surface area contributed by atoms with Gasteiger partial charge in [0.05, 0.1) is 29.6 Å². The molecule has 0 radical (unpaired) electrons. The number of esters is 1. The number of aryl methyl sites for hydroxylation is 1. The Morgan fingerprint density at radius 1 is 1.67 bits per heavy atom. The average Bonchev–Trinajstić information content (AvgIpc) is 2.71. The zero-order chi connectivity index (χ0) is 13.1. The molecule has 0 N–H and O–H groups in total. The standard InChI is InChI=1S/C12H12N4O2/c1-3-18-12(17)9(7-13)11-10-6-8(2)15-16(10)5-4-14-11/h4-6,9H,3H2,1-2H3. The second-order valence-corrected chi connectivity index (χ2v) is 3.74. The number of nitrogens with zero attached hydrogens (tertiary/aromatic N) is 4. The number of hydrogen-bond donors (Lipinski definition) is 0. The van der Waals surface area contributed by atoms with Crippen LogP contribution in [0.5, 0.6) is 0 Å². The largest absolute Gasteiger partial charge is 0.465 e. The molecule has 1 atom stereocenters. The number of fused-ring (bicyclic) bond motifs is 1. The number of carbonyl (C=O) groups is 1. The van der Waals surface area contributed by atoms with Gasteiger partial charge in [-0.3, -0.25) is 9.78 Å². The third-order valence-corrected chi connectivity index (χ3v) is 2.47. The molecule has 2 heterocycles. The summed E-state index contributed by atoms with van der Waals surface area (Å²) in [6, 6.07) is 3.71. The summed E-state index contributed by atoms with van der Waals surface area (Å²) in [6.45, 7) is 3.77. The highest BCUT2D eigenvalue weighted by Gasteiger charge is 2.25. The minimum Gasteiger partial charge on any atom is -0.465 e. The molecule has 6 nitrogen and oxygen atoms in total. The van der Waals surface area contributed by atoms with Gasteiger partial charge in [0, 0.05) is 12.4 Å². The molecule has 0 fully saturated rings. The molecule has 1 unspecified atom stereocenters. The van der Waals surface area contributed by atoms with Gasteiger partial charge in [-0.1, -0.05) is 0 Å². The lowest BCUT2D eigenvalue weighted by Crippen LogP contribution is -2.16. The third-order valence-electron chi connectivity index (χ3n) is 2.47. The van der Waals surface area contributed by atoms with Crippen molar-refractivity contribution in [3.8, 4) is 6.07 Å². The minimum absolute atomic E-state index is 0.235. The van der Waals surface area contributed by atoms with Gasteiger partial charge in [0.1, 0.15) is 0 Å². The van der Waals surface area contributed by atoms with E-state index in [-0.39, 0.29) is 6.61 Å². The van der Waals surface area contributed by atoms with E-state index in [1.807, 2.05) is 13.0 Å². The molecule has 0 aromatic carbocycles. The predicted molar refractivity (Wildman–Crippen MR) is 62.7 cm³/mol. The van der Waals surface area contributed by atoms with Gasteiger partial charge < -0.3 is 4.74 Å². The Hall–Kier alpha value is -2.42. The molecule has 0 bridgehead atoms. The Morgan fingerprint density at radius 3 is 3.11 bits per heavy atom. The van der Waals surface area contributed by atoms with Gasteiger partial charge in [0.2, 0.25) is 0 Å². The smallest absolute Gasteiger partial charge is 0.329 e. The molecule has 0 aliphatic heterocycles. The average molecular weight is 244 g/mol. The molecule has 0 aliphatic carbocycles. The predicted octanol–water partition coefficient (Wildman–Crippen LogP) is 1.21. The summed E-state index contributed by atoms with van der Waals surface area (Å²) in [7, 11) is 0. The van der Waals surface area contributed by atoms with Crippen LogP contribution in [0.1, 0.15) is 24.2 Å². The SMILES string of the molecule is CCOC(=O)C(C#N)c1nccn2nc(C)cc12. The van der Waals surface area contributed by atoms with Gasteiger partial charge >= 0.3 is 5.97 Å². The van der Waals surface area contributed by atoms with E-state index in [1.54, 1.807) is 23.7 Å². The Labute approximate surface area is 104 Å². The first-order chi connectivity index (χ1) is 8.67. The van der Waals surface area contributed by atoms with Gasteiger partial charge in [-0.05, 0) is 19.9 Å². The molecule has 2 aromatic heterocycles. The molecule has 0 spiro atoms. The van der Waals surface area contributed by atoms with Crippen LogP contribution in [0.4, 0.5) is 0 Å². The second-order valence-electron chi connectivity index (χ2n) is 3.74. The molecule has 2 aromatic rings. The van der Waals surface area contributed by atoms with Gasteiger partial charge in [-0.25, -0.2) is 4.52 Å². The van der Waals surface area contributed by atoms with Gasteiger partial charge in [-0.2, -0.15) is 10.4 Å². The Balaban J connectivity index is 2.52. The third kappa shape index (κ3) is 2.02. The van der Waals surface area contributed by atoms with Crippen molar-refractivity contribution in [1.82, 2.24) is 14.6 Å². The molecule has 0 aliphatic rings. The Morgan fingerprint density at radius 2 is 2.44 bits per heavy atom. The van der Waals surface area contributed by atoms with E-state index < -0.39 is 11.9 Å². The van der Waals surface area contributed by atoms with Crippen LogP contribution < -0.4 is 0 Å². The molecule has 2 rings (SSSR count). The zero-order valence-electron chi connectivity index (χ0n) is 10.1. The van der Waals surface area contributed by atoms with E-state index in [4.69, 9.17) is 10.00 Å². The van der Waals surface area contributed by atoms with Crippen molar-refractivity contribution >= 4 is 11.5 Å². The molecular formula is C12H12N4O2. The summed E-state index contributed by atoms with van der Waals surface area (Å²) in [5, 5.41) is 13.3. The fourth-order valence-corrected chi connectivity index (χ4v) is 1.74. The monoisotopic (exact) mass is 244 g/mol. The van der Waals surface area contributed by atoms with E-state index in [1.165, 1.54) is 6.20 Å². The number of hydrogen-bond acceptors (Lipinski definition) is 5. The van der Waals surface area contributed by atoms with Crippen LogP contribution in [0.3, 0.4) is 0 Å². The highest BCUT2D eigenvalue weighted by Crippen LogP contribution is 2.20. The normalized spacial score (nSPS) is 12.1. The first-order valence-corrected chi connectivity index (χ1v) is 5.54. The zero-order valence-corrected chi connectivity index (χ0v) is 10.1. The van der Waals surface area contributed by atoms with Crippen LogP contribution in [-0.4, -0.2) is 27.2 Å². The number of aromatic nitrogens is 3. The van der Waals surface area contributed by atoms with Crippen molar-refractivity contribution in [2.45, 2.75) is 19.8 Å². The second kappa shape index (κ2) is 4.84. The maximum Gasteiger partial charge on any atom is 0.329 e. The van der Waals surface area contributed by atoms with Gasteiger partial charge in [-0.15, -0.1) is 0 Å². The van der Waals surface area contributed by atoms with Crippen molar-refractivity contribution in [1.29, 1.82) is 5.26 Å². The summed E-state index contributed by atoms with van der Waals surface area (Å²) in [5.41, 5.74) is 1.82. The van der Waals surface area contributed by atoms with Crippen LogP contribution >= 0.6 is 0 Å². The van der Waals surface area contributed by atoms with E-state index in [0.717, 1.165) is 5.69 Å². The molecule has 0 saturated heterocycles. The lowest BCUT2D eigenvalue weighted by molar-refractivity contribution is -0.143. The van der Waals surface area contributed by atoms with E-state index in [9.17, 15) is 4.79 Å². The van der Waals surface area contributed by atoms with Crippen LogP contribution in [0.15, 0.2) is 18.5 Å². The molecular weight excluding hydrogens is 232 g/mol. The Bertz CT molecular complexity index is 627. The van der Waals surface area contributed by atoms with Crippen molar-refractivity contribution in [2.24, 2.45) is 0 Å². The quantitative estimate of drug-likeness (QED) is 0.758. The maximum atomic E-state index is 11.7. The van der Waals surface area contributed by atoms with Crippen molar-refractivity contribution in [2.75, 3.05) is 6.61 Å². The van der Waals surface area contributed by atoms with E-state index in [0.29, 0.717) is 11.2 Å². The topological polar surface area (TPSA) is 80.3 Å². The van der Waals surface area contributed by atoms with Crippen molar-refractivity contribution in [3.05, 3.63) is 29.8 Å². The first-order valence-electron chi connectivity index (χ1n) is 5.54. The lowest BCUT2D eigenvalue weighted by atomic mass is 10.1. The summed E-state index contributed by atoms with van der Waals surface area (Å²) in [6.07, 6.45) is 3.18. The van der Waals surface area contributed by atoms with Crippen LogP contribution in [0, 0.1) is 18.3 Å². The number of carbonyl (C=O) groups excluding carboxylic acids is 1. The highest BCUT2D eigenvalue weighted by molar-refractivity contribution is 5.83. The Kier molecular flexibility index (Phi) is 3.24. The van der Waals surface area contributed by atoms with Crippen molar-refractivity contribution < 1.29 is 9.53 Å². The summed E-state index contributed by atoms with van der Waals surface area (Å²) in [5.74, 6) is -1.61. The molecule has 0 saturated carbocycles. The van der Waals surface area contributed by atoms with Crippen LogP contribution in [0.25, 0.3) is 5.52 Å². The highest BCUT2D eigenvalue weighted by atomic mass is 16.5. The van der Waals surface area contributed by atoms with Crippen LogP contribution in [0.2, 0.25) is 0 Å². The summed E-state index contributed by atoms with van der Waals surface area (Å²) >= 11 is 0. The molecule has 18 heavy (non-hydrogen) atoms. The number of nitriles is 1. The molecule has 92 valence electrons. The number of rotatable bonds is 3. The summed E-state index contributed by atoms with van der Waals surface area (Å²) in [4.78, 5) is 15.8. The lowest BCUT2D eigenvalue weighted by Gasteiger charge is -2.08.